The molecule has 0 heteroatoms. The summed E-state index contributed by atoms with van der Waals surface area (Å²) < 4.78 is 0. The molecule has 0 aromatic rings. The van der Waals surface area contributed by atoms with Crippen molar-refractivity contribution in [1.82, 2.24) is 0 Å². The van der Waals surface area contributed by atoms with Gasteiger partial charge in [0.15, 0.2) is 0 Å². The van der Waals surface area contributed by atoms with Gasteiger partial charge in [-0.2, -0.15) is 0 Å². The molecule has 4 aliphatic carbocycles. The molecule has 8 atom stereocenters. The summed E-state index contributed by atoms with van der Waals surface area (Å²) in [5.74, 6) is 5.76. The standard InChI is InChI=1S/C30H54/c1-21(2)11-9-12-22(3)23-15-19-29(7)24(23)13-14-26-28(6)18-10-17-27(4,5)25(28)16-20-30(26,29)8/h21-26H,9-20H2,1-8H3/t22-,23-,24-,25+,26-,28+,29+,30-/m1/s1. The maximum atomic E-state index is 2.79. The maximum Gasteiger partial charge on any atom is -0.0235 e. The summed E-state index contributed by atoms with van der Waals surface area (Å²) in [6.45, 7) is 20.9. The van der Waals surface area contributed by atoms with Crippen molar-refractivity contribution in [1.29, 1.82) is 0 Å². The molecule has 4 rings (SSSR count). The van der Waals surface area contributed by atoms with Gasteiger partial charge in [-0.15, -0.1) is 0 Å². The largest absolute Gasteiger partial charge is 0.0628 e. The molecule has 4 aliphatic rings. The molecule has 0 heterocycles. The Labute approximate surface area is 189 Å². The number of hydrogen-bond donors (Lipinski definition) is 0. The molecule has 0 aromatic carbocycles. The minimum Gasteiger partial charge on any atom is -0.0628 e. The first kappa shape index (κ1) is 23.2. The van der Waals surface area contributed by atoms with Crippen LogP contribution < -0.4 is 0 Å². The van der Waals surface area contributed by atoms with E-state index in [1.807, 2.05) is 0 Å². The van der Waals surface area contributed by atoms with Crippen LogP contribution in [0.15, 0.2) is 0 Å². The van der Waals surface area contributed by atoms with Gasteiger partial charge in [0.25, 0.3) is 0 Å². The summed E-state index contributed by atoms with van der Waals surface area (Å²) in [6.07, 6.45) is 18.0. The fraction of sp³-hybridized carbons (Fsp3) is 1.00. The van der Waals surface area contributed by atoms with Crippen LogP contribution >= 0.6 is 0 Å². The van der Waals surface area contributed by atoms with E-state index in [2.05, 4.69) is 55.4 Å². The van der Waals surface area contributed by atoms with Crippen LogP contribution in [0, 0.1) is 57.2 Å². The molecule has 4 fully saturated rings. The molecule has 174 valence electrons. The molecule has 0 unspecified atom stereocenters. The van der Waals surface area contributed by atoms with Gasteiger partial charge in [-0.1, -0.05) is 81.1 Å². The summed E-state index contributed by atoms with van der Waals surface area (Å²) in [5.41, 5.74) is 2.35. The average Bonchev–Trinajstić information content (AvgIpc) is 2.99. The van der Waals surface area contributed by atoms with Crippen molar-refractivity contribution in [3.05, 3.63) is 0 Å². The Hall–Kier alpha value is 0. The Morgan fingerprint density at radius 3 is 2.10 bits per heavy atom. The van der Waals surface area contributed by atoms with Gasteiger partial charge in [0, 0.05) is 0 Å². The normalized spacial score (nSPS) is 48.7. The lowest BCUT2D eigenvalue weighted by atomic mass is 9.35. The first-order valence-corrected chi connectivity index (χ1v) is 14.0. The Bertz CT molecular complexity index is 616. The highest BCUT2D eigenvalue weighted by Gasteiger charge is 2.67. The first-order valence-electron chi connectivity index (χ1n) is 14.0. The van der Waals surface area contributed by atoms with Gasteiger partial charge in [0.05, 0.1) is 0 Å². The summed E-state index contributed by atoms with van der Waals surface area (Å²) in [4.78, 5) is 0. The zero-order valence-corrected chi connectivity index (χ0v) is 21.9. The topological polar surface area (TPSA) is 0 Å². The van der Waals surface area contributed by atoms with Gasteiger partial charge in [-0.3, -0.25) is 0 Å². The third kappa shape index (κ3) is 3.36. The minimum absolute atomic E-state index is 0.565. The maximum absolute atomic E-state index is 2.79. The minimum atomic E-state index is 0.565. The fourth-order valence-electron chi connectivity index (χ4n) is 10.6. The molecule has 0 spiro atoms. The Balaban J connectivity index is 1.55. The second-order valence-corrected chi connectivity index (χ2v) is 14.5. The van der Waals surface area contributed by atoms with Gasteiger partial charge in [0.1, 0.15) is 0 Å². The van der Waals surface area contributed by atoms with Crippen molar-refractivity contribution in [2.75, 3.05) is 0 Å². The van der Waals surface area contributed by atoms with E-state index in [1.54, 1.807) is 6.42 Å². The summed E-state index contributed by atoms with van der Waals surface area (Å²) >= 11 is 0. The van der Waals surface area contributed by atoms with Gasteiger partial charge in [-0.05, 0) is 109 Å². The highest BCUT2D eigenvalue weighted by Crippen LogP contribution is 2.75. The zero-order valence-electron chi connectivity index (χ0n) is 21.9. The molecule has 0 nitrogen and oxygen atoms in total. The quantitative estimate of drug-likeness (QED) is 0.420. The van der Waals surface area contributed by atoms with Crippen LogP contribution in [0.4, 0.5) is 0 Å². The lowest BCUT2D eigenvalue weighted by Gasteiger charge is -2.69. The molecule has 0 amide bonds. The van der Waals surface area contributed by atoms with Gasteiger partial charge < -0.3 is 0 Å². The van der Waals surface area contributed by atoms with Gasteiger partial charge >= 0.3 is 0 Å². The van der Waals surface area contributed by atoms with E-state index in [9.17, 15) is 0 Å². The average molecular weight is 415 g/mol. The van der Waals surface area contributed by atoms with Crippen LogP contribution in [-0.2, 0) is 0 Å². The number of hydrogen-bond acceptors (Lipinski definition) is 0. The van der Waals surface area contributed by atoms with Gasteiger partial charge in [-0.25, -0.2) is 0 Å². The second kappa shape index (κ2) is 7.80. The molecular formula is C30H54. The monoisotopic (exact) mass is 414 g/mol. The molecule has 0 saturated heterocycles. The smallest absolute Gasteiger partial charge is 0.0235 e. The van der Waals surface area contributed by atoms with Crippen LogP contribution in [0.1, 0.15) is 132 Å². The van der Waals surface area contributed by atoms with E-state index in [0.29, 0.717) is 21.7 Å². The molecule has 0 aliphatic heterocycles. The van der Waals surface area contributed by atoms with E-state index in [0.717, 1.165) is 35.5 Å². The zero-order chi connectivity index (χ0) is 21.9. The van der Waals surface area contributed by atoms with Crippen molar-refractivity contribution in [2.45, 2.75) is 132 Å². The Kier molecular flexibility index (Phi) is 6.02. The van der Waals surface area contributed by atoms with Crippen LogP contribution in [0.2, 0.25) is 0 Å². The second-order valence-electron chi connectivity index (χ2n) is 14.5. The van der Waals surface area contributed by atoms with Crippen LogP contribution in [0.3, 0.4) is 0 Å². The lowest BCUT2D eigenvalue weighted by Crippen LogP contribution is -2.62. The predicted octanol–water partition coefficient (Wildman–Crippen LogP) is 9.52. The Morgan fingerprint density at radius 2 is 1.40 bits per heavy atom. The van der Waals surface area contributed by atoms with E-state index in [1.165, 1.54) is 70.6 Å². The van der Waals surface area contributed by atoms with E-state index < -0.39 is 0 Å². The van der Waals surface area contributed by atoms with Crippen molar-refractivity contribution in [2.24, 2.45) is 57.2 Å². The van der Waals surface area contributed by atoms with E-state index in [4.69, 9.17) is 0 Å². The molecular weight excluding hydrogens is 360 g/mol. The fourth-order valence-corrected chi connectivity index (χ4v) is 10.6. The van der Waals surface area contributed by atoms with Crippen LogP contribution in [-0.4, -0.2) is 0 Å². The highest BCUT2D eigenvalue weighted by molar-refractivity contribution is 5.16. The SMILES string of the molecule is CC(C)CCC[C@@H](C)[C@H]1CC[C@@]2(C)[C@@H]1CC[C@@H]1[C@@]3(C)CCCC(C)(C)[C@@H]3CC[C@]12C. The van der Waals surface area contributed by atoms with Crippen molar-refractivity contribution in [3.63, 3.8) is 0 Å². The summed E-state index contributed by atoms with van der Waals surface area (Å²) in [5, 5.41) is 0. The lowest BCUT2D eigenvalue weighted by molar-refractivity contribution is -0.203. The predicted molar refractivity (Wildman–Crippen MR) is 131 cm³/mol. The first-order chi connectivity index (χ1) is 14.0. The molecule has 30 heavy (non-hydrogen) atoms. The third-order valence-corrected chi connectivity index (χ3v) is 12.4. The van der Waals surface area contributed by atoms with Gasteiger partial charge in [0.2, 0.25) is 0 Å². The van der Waals surface area contributed by atoms with E-state index >= 15 is 0 Å². The number of fused-ring (bicyclic) bond motifs is 5. The highest BCUT2D eigenvalue weighted by atomic mass is 14.7. The van der Waals surface area contributed by atoms with E-state index in [-0.39, 0.29) is 0 Å². The van der Waals surface area contributed by atoms with Crippen LogP contribution in [0.25, 0.3) is 0 Å². The molecule has 0 radical (unpaired) electrons. The molecule has 0 aromatic heterocycles. The Morgan fingerprint density at radius 1 is 0.700 bits per heavy atom. The molecule has 0 N–H and O–H groups in total. The third-order valence-electron chi connectivity index (χ3n) is 12.4. The number of rotatable bonds is 5. The summed E-state index contributed by atoms with van der Waals surface area (Å²) in [6, 6.07) is 0. The van der Waals surface area contributed by atoms with Crippen molar-refractivity contribution >= 4 is 0 Å². The van der Waals surface area contributed by atoms with Crippen molar-refractivity contribution < 1.29 is 0 Å². The molecule has 4 saturated carbocycles. The van der Waals surface area contributed by atoms with Crippen molar-refractivity contribution in [3.8, 4) is 0 Å². The molecule has 0 bridgehead atoms. The summed E-state index contributed by atoms with van der Waals surface area (Å²) in [7, 11) is 0. The van der Waals surface area contributed by atoms with Crippen LogP contribution in [0.5, 0.6) is 0 Å².